The molecule has 3 heteroatoms. The molecular weight excluding hydrogens is 258 g/mol. The van der Waals surface area contributed by atoms with E-state index in [1.165, 1.54) is 12.0 Å². The molecule has 104 valence electrons. The Balaban J connectivity index is 1.96. The number of hydrogen-bond donors (Lipinski definition) is 0. The molecule has 1 aromatic rings. The number of nitrogens with zero attached hydrogens (tertiary/aromatic N) is 1. The van der Waals surface area contributed by atoms with E-state index in [0.717, 1.165) is 31.4 Å². The Morgan fingerprint density at radius 1 is 1.32 bits per heavy atom. The summed E-state index contributed by atoms with van der Waals surface area (Å²) in [6.45, 7) is 2.87. The minimum Gasteiger partial charge on any atom is -0.339 e. The van der Waals surface area contributed by atoms with Crippen molar-refractivity contribution < 1.29 is 4.79 Å². The molecule has 0 spiro atoms. The molecule has 0 radical (unpaired) electrons. The summed E-state index contributed by atoms with van der Waals surface area (Å²) >= 11 is 5.76. The van der Waals surface area contributed by atoms with Crippen molar-refractivity contribution >= 4 is 17.5 Å². The van der Waals surface area contributed by atoms with Crippen LogP contribution in [0.5, 0.6) is 0 Å². The molecule has 0 aromatic heterocycles. The average molecular weight is 280 g/mol. The van der Waals surface area contributed by atoms with Gasteiger partial charge in [-0.05, 0) is 38.2 Å². The van der Waals surface area contributed by atoms with Crippen molar-refractivity contribution in [2.75, 3.05) is 12.4 Å². The van der Waals surface area contributed by atoms with Crippen molar-refractivity contribution in [2.24, 2.45) is 0 Å². The summed E-state index contributed by atoms with van der Waals surface area (Å²) in [5, 5.41) is 0. The van der Waals surface area contributed by atoms with Crippen molar-refractivity contribution in [1.82, 2.24) is 4.90 Å². The number of alkyl halides is 1. The van der Waals surface area contributed by atoms with Crippen molar-refractivity contribution in [1.29, 1.82) is 0 Å². The van der Waals surface area contributed by atoms with Crippen molar-refractivity contribution in [2.45, 2.75) is 45.1 Å². The summed E-state index contributed by atoms with van der Waals surface area (Å²) in [4.78, 5) is 14.5. The fraction of sp³-hybridized carbons (Fsp3) is 0.562. The third-order valence-electron chi connectivity index (χ3n) is 3.84. The number of carbonyl (C=O) groups is 1. The maximum Gasteiger partial charge on any atom is 0.227 e. The van der Waals surface area contributed by atoms with Gasteiger partial charge in [0.15, 0.2) is 0 Å². The molecule has 0 unspecified atom stereocenters. The lowest BCUT2D eigenvalue weighted by molar-refractivity contribution is -0.134. The lowest BCUT2D eigenvalue weighted by Gasteiger charge is -2.37. The molecule has 1 aliphatic rings. The highest BCUT2D eigenvalue weighted by Gasteiger charge is 2.28. The number of benzene rings is 1. The molecule has 1 aliphatic carbocycles. The first-order chi connectivity index (χ1) is 9.20. The molecule has 0 aliphatic heterocycles. The Bertz CT molecular complexity index is 411. The predicted octanol–water partition coefficient (Wildman–Crippen LogP) is 3.55. The zero-order valence-corrected chi connectivity index (χ0v) is 12.3. The van der Waals surface area contributed by atoms with Gasteiger partial charge < -0.3 is 4.90 Å². The van der Waals surface area contributed by atoms with Gasteiger partial charge >= 0.3 is 0 Å². The molecule has 1 amide bonds. The summed E-state index contributed by atoms with van der Waals surface area (Å²) in [6.07, 6.45) is 4.96. The van der Waals surface area contributed by atoms with Gasteiger partial charge in [-0.1, -0.05) is 29.8 Å². The van der Waals surface area contributed by atoms with Crippen molar-refractivity contribution in [3.8, 4) is 0 Å². The highest BCUT2D eigenvalue weighted by Crippen LogP contribution is 2.25. The van der Waals surface area contributed by atoms with Gasteiger partial charge in [-0.3, -0.25) is 4.79 Å². The number of aryl methyl sites for hydroxylation is 1. The predicted molar refractivity (Wildman–Crippen MR) is 79.6 cm³/mol. The molecule has 0 heterocycles. The first-order valence-corrected chi connectivity index (χ1v) is 7.65. The lowest BCUT2D eigenvalue weighted by atomic mass is 9.91. The van der Waals surface area contributed by atoms with Crippen LogP contribution in [0, 0.1) is 6.92 Å². The monoisotopic (exact) mass is 279 g/mol. The quantitative estimate of drug-likeness (QED) is 0.729. The highest BCUT2D eigenvalue weighted by molar-refractivity contribution is 6.17. The molecule has 0 N–H and O–H groups in total. The first-order valence-electron chi connectivity index (χ1n) is 7.11. The SMILES string of the molecule is Cc1ccc(CC(=O)N(CCCCl)C2CCC2)cc1. The first kappa shape index (κ1) is 14.4. The second-order valence-electron chi connectivity index (χ2n) is 5.38. The standard InChI is InChI=1S/C16H22ClNO/c1-13-6-8-14(9-7-13)12-16(19)18(11-3-10-17)15-4-2-5-15/h6-9,15H,2-5,10-12H2,1H3. The fourth-order valence-electron chi connectivity index (χ4n) is 2.42. The second kappa shape index (κ2) is 6.95. The molecule has 2 rings (SSSR count). The van der Waals surface area contributed by atoms with E-state index >= 15 is 0 Å². The molecule has 0 saturated heterocycles. The van der Waals surface area contributed by atoms with Crippen LogP contribution in [0.15, 0.2) is 24.3 Å². The second-order valence-corrected chi connectivity index (χ2v) is 5.75. The van der Waals surface area contributed by atoms with Gasteiger partial charge in [0.2, 0.25) is 5.91 Å². The van der Waals surface area contributed by atoms with Gasteiger partial charge in [0, 0.05) is 18.5 Å². The van der Waals surface area contributed by atoms with Gasteiger partial charge in [0.1, 0.15) is 0 Å². The summed E-state index contributed by atoms with van der Waals surface area (Å²) in [6, 6.07) is 8.69. The summed E-state index contributed by atoms with van der Waals surface area (Å²) in [5.74, 6) is 0.875. The number of halogens is 1. The van der Waals surface area contributed by atoms with E-state index < -0.39 is 0 Å². The van der Waals surface area contributed by atoms with Crippen LogP contribution in [0.25, 0.3) is 0 Å². The maximum absolute atomic E-state index is 12.4. The third kappa shape index (κ3) is 3.97. The van der Waals surface area contributed by atoms with Crippen LogP contribution in [0.2, 0.25) is 0 Å². The van der Waals surface area contributed by atoms with E-state index in [4.69, 9.17) is 11.6 Å². The number of rotatable bonds is 6. The van der Waals surface area contributed by atoms with E-state index in [1.807, 2.05) is 17.0 Å². The Kier molecular flexibility index (Phi) is 5.26. The summed E-state index contributed by atoms with van der Waals surface area (Å²) in [7, 11) is 0. The largest absolute Gasteiger partial charge is 0.339 e. The zero-order chi connectivity index (χ0) is 13.7. The number of amides is 1. The molecule has 1 aromatic carbocycles. The molecule has 0 bridgehead atoms. The van der Waals surface area contributed by atoms with Gasteiger partial charge in [0.25, 0.3) is 0 Å². The average Bonchev–Trinajstić information content (AvgIpc) is 2.34. The van der Waals surface area contributed by atoms with E-state index in [1.54, 1.807) is 0 Å². The van der Waals surface area contributed by atoms with Gasteiger partial charge in [-0.2, -0.15) is 0 Å². The minimum atomic E-state index is 0.249. The van der Waals surface area contributed by atoms with Crippen LogP contribution in [0.1, 0.15) is 36.8 Å². The van der Waals surface area contributed by atoms with E-state index in [2.05, 4.69) is 19.1 Å². The summed E-state index contributed by atoms with van der Waals surface area (Å²) < 4.78 is 0. The normalized spacial score (nSPS) is 15.1. The van der Waals surface area contributed by atoms with Crippen LogP contribution in [-0.2, 0) is 11.2 Å². The zero-order valence-electron chi connectivity index (χ0n) is 11.6. The lowest BCUT2D eigenvalue weighted by Crippen LogP contribution is -2.45. The van der Waals surface area contributed by atoms with Crippen molar-refractivity contribution in [3.05, 3.63) is 35.4 Å². The Hall–Kier alpha value is -1.02. The molecule has 19 heavy (non-hydrogen) atoms. The fourth-order valence-corrected chi connectivity index (χ4v) is 2.54. The smallest absolute Gasteiger partial charge is 0.227 e. The van der Waals surface area contributed by atoms with Gasteiger partial charge in [-0.25, -0.2) is 0 Å². The molecule has 1 saturated carbocycles. The van der Waals surface area contributed by atoms with Crippen LogP contribution < -0.4 is 0 Å². The number of hydrogen-bond acceptors (Lipinski definition) is 1. The Morgan fingerprint density at radius 3 is 2.53 bits per heavy atom. The van der Waals surface area contributed by atoms with E-state index in [-0.39, 0.29) is 5.91 Å². The van der Waals surface area contributed by atoms with Crippen LogP contribution in [-0.4, -0.2) is 29.3 Å². The van der Waals surface area contributed by atoms with Crippen LogP contribution in [0.4, 0.5) is 0 Å². The Morgan fingerprint density at radius 2 is 2.00 bits per heavy atom. The number of carbonyl (C=O) groups excluding carboxylic acids is 1. The highest BCUT2D eigenvalue weighted by atomic mass is 35.5. The van der Waals surface area contributed by atoms with E-state index in [9.17, 15) is 4.79 Å². The Labute approximate surface area is 120 Å². The van der Waals surface area contributed by atoms with Crippen LogP contribution >= 0.6 is 11.6 Å². The van der Waals surface area contributed by atoms with E-state index in [0.29, 0.717) is 18.3 Å². The minimum absolute atomic E-state index is 0.249. The van der Waals surface area contributed by atoms with Crippen LogP contribution in [0.3, 0.4) is 0 Å². The molecular formula is C16H22ClNO. The topological polar surface area (TPSA) is 20.3 Å². The maximum atomic E-state index is 12.4. The molecule has 0 atom stereocenters. The molecule has 2 nitrogen and oxygen atoms in total. The third-order valence-corrected chi connectivity index (χ3v) is 4.11. The van der Waals surface area contributed by atoms with Crippen molar-refractivity contribution in [3.63, 3.8) is 0 Å². The summed E-state index contributed by atoms with van der Waals surface area (Å²) in [5.41, 5.74) is 2.33. The van der Waals surface area contributed by atoms with Gasteiger partial charge in [0.05, 0.1) is 6.42 Å². The van der Waals surface area contributed by atoms with Gasteiger partial charge in [-0.15, -0.1) is 11.6 Å². The molecule has 1 fully saturated rings.